The van der Waals surface area contributed by atoms with Crippen molar-refractivity contribution in [3.8, 4) is 5.75 Å². The molecule has 1 amide bonds. The van der Waals surface area contributed by atoms with E-state index in [1.165, 1.54) is 4.88 Å². The van der Waals surface area contributed by atoms with Crippen molar-refractivity contribution < 1.29 is 9.53 Å². The van der Waals surface area contributed by atoms with Gasteiger partial charge in [-0.15, -0.1) is 11.3 Å². The Balaban J connectivity index is 1.44. The molecule has 0 atom stereocenters. The minimum atomic E-state index is -0.0477. The second-order valence-corrected chi connectivity index (χ2v) is 7.24. The number of ether oxygens (including phenoxy) is 1. The van der Waals surface area contributed by atoms with Gasteiger partial charge in [0.2, 0.25) is 0 Å². The number of methoxy groups -OCH3 is 1. The summed E-state index contributed by atoms with van der Waals surface area (Å²) in [7, 11) is 1.59. The second-order valence-electron chi connectivity index (χ2n) is 6.21. The Hall–Kier alpha value is -1.85. The van der Waals surface area contributed by atoms with Crippen LogP contribution in [0, 0.1) is 5.92 Å². The molecule has 4 nitrogen and oxygen atoms in total. The number of para-hydroxylation sites is 1. The van der Waals surface area contributed by atoms with E-state index in [4.69, 9.17) is 4.74 Å². The molecule has 0 spiro atoms. The number of likely N-dealkylation sites (tertiary alicyclic amines) is 1. The Bertz CT molecular complexity index is 649. The van der Waals surface area contributed by atoms with E-state index < -0.39 is 0 Å². The molecule has 2 heterocycles. The van der Waals surface area contributed by atoms with Crippen molar-refractivity contribution in [1.82, 2.24) is 10.2 Å². The van der Waals surface area contributed by atoms with Gasteiger partial charge in [0.05, 0.1) is 12.7 Å². The predicted molar refractivity (Wildman–Crippen MR) is 97.6 cm³/mol. The number of nitrogens with zero attached hydrogens (tertiary/aromatic N) is 1. The number of hydrogen-bond donors (Lipinski definition) is 1. The standard InChI is InChI=1S/C19H24N2O2S/c1-23-18-7-3-2-6-17(18)19(22)20-13-15-8-10-21(11-9-15)14-16-5-4-12-24-16/h2-7,12,15H,8-11,13-14H2,1H3,(H,20,22). The van der Waals surface area contributed by atoms with Gasteiger partial charge in [0.15, 0.2) is 0 Å². The van der Waals surface area contributed by atoms with Crippen LogP contribution >= 0.6 is 11.3 Å². The van der Waals surface area contributed by atoms with Crippen molar-refractivity contribution in [2.75, 3.05) is 26.7 Å². The molecule has 1 fully saturated rings. The van der Waals surface area contributed by atoms with Gasteiger partial charge in [-0.1, -0.05) is 18.2 Å². The maximum atomic E-state index is 12.3. The molecule has 1 N–H and O–H groups in total. The first kappa shape index (κ1) is 17.0. The Morgan fingerprint density at radius 2 is 2.04 bits per heavy atom. The Labute approximate surface area is 147 Å². The quantitative estimate of drug-likeness (QED) is 0.873. The summed E-state index contributed by atoms with van der Waals surface area (Å²) < 4.78 is 5.26. The Morgan fingerprint density at radius 3 is 2.75 bits per heavy atom. The van der Waals surface area contributed by atoms with Gasteiger partial charge in [0.25, 0.3) is 5.91 Å². The van der Waals surface area contributed by atoms with Crippen LogP contribution in [-0.2, 0) is 6.54 Å². The van der Waals surface area contributed by atoms with Gasteiger partial charge in [-0.3, -0.25) is 9.69 Å². The van der Waals surface area contributed by atoms with Crippen molar-refractivity contribution in [3.05, 3.63) is 52.2 Å². The Kier molecular flexibility index (Phi) is 5.88. The van der Waals surface area contributed by atoms with Crippen molar-refractivity contribution in [2.45, 2.75) is 19.4 Å². The van der Waals surface area contributed by atoms with Crippen molar-refractivity contribution >= 4 is 17.2 Å². The molecule has 3 rings (SSSR count). The van der Waals surface area contributed by atoms with Crippen LogP contribution in [0.5, 0.6) is 5.75 Å². The largest absolute Gasteiger partial charge is 0.496 e. The summed E-state index contributed by atoms with van der Waals surface area (Å²) in [6.45, 7) is 4.00. The third-order valence-corrected chi connectivity index (χ3v) is 5.43. The first-order chi connectivity index (χ1) is 11.8. The smallest absolute Gasteiger partial charge is 0.255 e. The van der Waals surface area contributed by atoms with Gasteiger partial charge in [-0.25, -0.2) is 0 Å². The molecule has 128 valence electrons. The number of amides is 1. The number of piperidine rings is 1. The third kappa shape index (κ3) is 4.36. The van der Waals surface area contributed by atoms with Gasteiger partial charge in [-0.2, -0.15) is 0 Å². The average molecular weight is 344 g/mol. The molecule has 1 aliphatic heterocycles. The Morgan fingerprint density at radius 1 is 1.25 bits per heavy atom. The lowest BCUT2D eigenvalue weighted by atomic mass is 9.96. The minimum absolute atomic E-state index is 0.0477. The first-order valence-electron chi connectivity index (χ1n) is 8.42. The van der Waals surface area contributed by atoms with E-state index in [9.17, 15) is 4.79 Å². The number of rotatable bonds is 6. The van der Waals surface area contributed by atoms with Crippen LogP contribution in [0.3, 0.4) is 0 Å². The maximum Gasteiger partial charge on any atom is 0.255 e. The molecule has 24 heavy (non-hydrogen) atoms. The zero-order chi connectivity index (χ0) is 16.8. The van der Waals surface area contributed by atoms with Gasteiger partial charge in [0.1, 0.15) is 5.75 Å². The molecule has 5 heteroatoms. The summed E-state index contributed by atoms with van der Waals surface area (Å²) in [5, 5.41) is 5.20. The van der Waals surface area contributed by atoms with E-state index in [0.717, 1.165) is 39.0 Å². The van der Waals surface area contributed by atoms with E-state index in [2.05, 4.69) is 27.7 Å². The number of carbonyl (C=O) groups excluding carboxylic acids is 1. The van der Waals surface area contributed by atoms with Crippen LogP contribution in [-0.4, -0.2) is 37.6 Å². The molecule has 0 saturated carbocycles. The fourth-order valence-corrected chi connectivity index (χ4v) is 3.88. The van der Waals surface area contributed by atoms with E-state index in [1.807, 2.05) is 29.5 Å². The van der Waals surface area contributed by atoms with Gasteiger partial charge < -0.3 is 10.1 Å². The molecular weight excluding hydrogens is 320 g/mol. The third-order valence-electron chi connectivity index (χ3n) is 4.57. The van der Waals surface area contributed by atoms with Crippen LogP contribution in [0.1, 0.15) is 28.1 Å². The number of thiophene rings is 1. The number of hydrogen-bond acceptors (Lipinski definition) is 4. The normalized spacial score (nSPS) is 16.0. The summed E-state index contributed by atoms with van der Waals surface area (Å²) in [5.41, 5.74) is 0.607. The fraction of sp³-hybridized carbons (Fsp3) is 0.421. The first-order valence-corrected chi connectivity index (χ1v) is 9.30. The summed E-state index contributed by atoms with van der Waals surface area (Å²) in [6, 6.07) is 11.7. The van der Waals surface area contributed by atoms with E-state index in [1.54, 1.807) is 13.2 Å². The van der Waals surface area contributed by atoms with Crippen molar-refractivity contribution in [3.63, 3.8) is 0 Å². The van der Waals surface area contributed by atoms with Crippen LogP contribution in [0.25, 0.3) is 0 Å². The zero-order valence-corrected chi connectivity index (χ0v) is 14.8. The molecule has 0 bridgehead atoms. The maximum absolute atomic E-state index is 12.3. The number of benzene rings is 1. The van der Waals surface area contributed by atoms with Gasteiger partial charge in [0, 0.05) is 18.0 Å². The van der Waals surface area contributed by atoms with Gasteiger partial charge >= 0.3 is 0 Å². The molecule has 1 aromatic heterocycles. The summed E-state index contributed by atoms with van der Waals surface area (Å²) >= 11 is 1.82. The molecular formula is C19H24N2O2S. The lowest BCUT2D eigenvalue weighted by Gasteiger charge is -2.31. The monoisotopic (exact) mass is 344 g/mol. The van der Waals surface area contributed by atoms with Crippen molar-refractivity contribution in [1.29, 1.82) is 0 Å². The highest BCUT2D eigenvalue weighted by atomic mass is 32.1. The molecule has 1 saturated heterocycles. The average Bonchev–Trinajstić information content (AvgIpc) is 3.14. The van der Waals surface area contributed by atoms with Crippen molar-refractivity contribution in [2.24, 2.45) is 5.92 Å². The topological polar surface area (TPSA) is 41.6 Å². The van der Waals surface area contributed by atoms with Crippen LogP contribution in [0.2, 0.25) is 0 Å². The second kappa shape index (κ2) is 8.31. The molecule has 1 aliphatic rings. The fourth-order valence-electron chi connectivity index (χ4n) is 3.14. The van der Waals surface area contributed by atoms with E-state index >= 15 is 0 Å². The van der Waals surface area contributed by atoms with Gasteiger partial charge in [-0.05, 0) is 55.4 Å². The molecule has 0 unspecified atom stereocenters. The van der Waals surface area contributed by atoms with Crippen LogP contribution in [0.4, 0.5) is 0 Å². The summed E-state index contributed by atoms with van der Waals surface area (Å²) in [4.78, 5) is 16.3. The predicted octanol–water partition coefficient (Wildman–Crippen LogP) is 3.40. The highest BCUT2D eigenvalue weighted by Gasteiger charge is 2.20. The minimum Gasteiger partial charge on any atom is -0.496 e. The van der Waals surface area contributed by atoms with Crippen LogP contribution < -0.4 is 10.1 Å². The number of nitrogens with one attached hydrogen (secondary N) is 1. The molecule has 0 aliphatic carbocycles. The highest BCUT2D eigenvalue weighted by molar-refractivity contribution is 7.09. The molecule has 1 aromatic carbocycles. The summed E-state index contributed by atoms with van der Waals surface area (Å²) in [5.74, 6) is 1.14. The van der Waals surface area contributed by atoms with E-state index in [0.29, 0.717) is 17.2 Å². The van der Waals surface area contributed by atoms with Crippen LogP contribution in [0.15, 0.2) is 41.8 Å². The lowest BCUT2D eigenvalue weighted by molar-refractivity contribution is 0.0932. The highest BCUT2D eigenvalue weighted by Crippen LogP contribution is 2.21. The van der Waals surface area contributed by atoms with E-state index in [-0.39, 0.29) is 5.91 Å². The molecule has 2 aromatic rings. The number of carbonyl (C=O) groups is 1. The SMILES string of the molecule is COc1ccccc1C(=O)NCC1CCN(Cc2cccs2)CC1. The summed E-state index contributed by atoms with van der Waals surface area (Å²) in [6.07, 6.45) is 2.27. The lowest BCUT2D eigenvalue weighted by Crippen LogP contribution is -2.38. The molecule has 0 radical (unpaired) electrons. The zero-order valence-electron chi connectivity index (χ0n) is 14.0.